The van der Waals surface area contributed by atoms with Crippen molar-refractivity contribution in [2.75, 3.05) is 11.1 Å². The predicted octanol–water partition coefficient (Wildman–Crippen LogP) is 3.70. The quantitative estimate of drug-likeness (QED) is 0.888. The summed E-state index contributed by atoms with van der Waals surface area (Å²) in [4.78, 5) is 4.18. The zero-order valence-electron chi connectivity index (χ0n) is 10.6. The molecule has 0 fully saturated rings. The number of nitrogens with one attached hydrogen (secondary N) is 1. The third-order valence-electron chi connectivity index (χ3n) is 2.76. The molecule has 0 saturated heterocycles. The highest BCUT2D eigenvalue weighted by Gasteiger charge is 2.14. The summed E-state index contributed by atoms with van der Waals surface area (Å²) in [5.74, 6) is 2.42. The van der Waals surface area contributed by atoms with Crippen molar-refractivity contribution in [3.8, 4) is 0 Å². The van der Waals surface area contributed by atoms with Crippen LogP contribution in [0.4, 0.5) is 11.5 Å². The first-order valence-corrected chi connectivity index (χ1v) is 6.09. The summed E-state index contributed by atoms with van der Waals surface area (Å²) < 4.78 is 5.51. The van der Waals surface area contributed by atoms with Gasteiger partial charge in [0.1, 0.15) is 17.3 Å². The lowest BCUT2D eigenvalue weighted by molar-refractivity contribution is 0.500. The van der Waals surface area contributed by atoms with Crippen LogP contribution in [0.5, 0.6) is 0 Å². The summed E-state index contributed by atoms with van der Waals surface area (Å²) in [5, 5.41) is 3.76. The number of nitrogens with zero attached hydrogens (tertiary/aromatic N) is 1. The van der Waals surface area contributed by atoms with E-state index in [1.165, 1.54) is 0 Å². The van der Waals surface area contributed by atoms with Crippen molar-refractivity contribution < 1.29 is 4.42 Å². The third kappa shape index (κ3) is 2.59. The molecule has 0 saturated carbocycles. The van der Waals surface area contributed by atoms with Crippen LogP contribution in [0.2, 0.25) is 5.02 Å². The molecule has 0 radical (unpaired) electrons. The van der Waals surface area contributed by atoms with E-state index in [-0.39, 0.29) is 6.04 Å². The van der Waals surface area contributed by atoms with E-state index in [0.29, 0.717) is 16.5 Å². The molecular formula is C13H16ClN3O. The average molecular weight is 266 g/mol. The molecule has 0 aliphatic heterocycles. The number of aromatic nitrogens is 1. The molecular weight excluding hydrogens is 250 g/mol. The number of anilines is 2. The molecule has 2 aromatic rings. The number of hydrogen-bond acceptors (Lipinski definition) is 4. The molecule has 0 aliphatic carbocycles. The number of nitrogen functional groups attached to an aromatic ring is 1. The minimum absolute atomic E-state index is 0.0658. The van der Waals surface area contributed by atoms with E-state index in [1.54, 1.807) is 12.3 Å². The van der Waals surface area contributed by atoms with E-state index in [1.807, 2.05) is 26.8 Å². The van der Waals surface area contributed by atoms with Gasteiger partial charge in [0.15, 0.2) is 0 Å². The lowest BCUT2D eigenvalue weighted by Crippen LogP contribution is -2.08. The van der Waals surface area contributed by atoms with Gasteiger partial charge < -0.3 is 15.5 Å². The number of halogens is 1. The van der Waals surface area contributed by atoms with Gasteiger partial charge in [0.05, 0.1) is 22.9 Å². The summed E-state index contributed by atoms with van der Waals surface area (Å²) in [7, 11) is 0. The lowest BCUT2D eigenvalue weighted by atomic mass is 10.1. The Balaban J connectivity index is 2.21. The normalized spacial score (nSPS) is 12.4. The molecule has 0 aliphatic rings. The fourth-order valence-corrected chi connectivity index (χ4v) is 2.15. The van der Waals surface area contributed by atoms with E-state index in [9.17, 15) is 0 Å². The Labute approximate surface area is 111 Å². The maximum atomic E-state index is 6.08. The molecule has 2 heterocycles. The van der Waals surface area contributed by atoms with Crippen LogP contribution in [0.3, 0.4) is 0 Å². The fraction of sp³-hybridized carbons (Fsp3) is 0.308. The molecule has 2 rings (SSSR count). The van der Waals surface area contributed by atoms with Crippen LogP contribution >= 0.6 is 11.6 Å². The molecule has 0 amide bonds. The molecule has 96 valence electrons. The van der Waals surface area contributed by atoms with E-state index >= 15 is 0 Å². The van der Waals surface area contributed by atoms with Gasteiger partial charge in [-0.3, -0.25) is 0 Å². The van der Waals surface area contributed by atoms with Gasteiger partial charge in [0.25, 0.3) is 0 Å². The Morgan fingerprint density at radius 1 is 1.39 bits per heavy atom. The number of nitrogens with two attached hydrogens (primary N) is 1. The van der Waals surface area contributed by atoms with Crippen molar-refractivity contribution in [3.05, 3.63) is 40.4 Å². The van der Waals surface area contributed by atoms with Crippen molar-refractivity contribution in [2.45, 2.75) is 26.8 Å². The Morgan fingerprint density at radius 2 is 2.11 bits per heavy atom. The van der Waals surface area contributed by atoms with Gasteiger partial charge in [-0.1, -0.05) is 11.6 Å². The third-order valence-corrected chi connectivity index (χ3v) is 3.05. The summed E-state index contributed by atoms with van der Waals surface area (Å²) in [6, 6.07) is 3.76. The highest BCUT2D eigenvalue weighted by molar-refractivity contribution is 6.33. The summed E-state index contributed by atoms with van der Waals surface area (Å²) >= 11 is 6.08. The zero-order chi connectivity index (χ0) is 13.3. The largest absolute Gasteiger partial charge is 0.466 e. The van der Waals surface area contributed by atoms with Crippen molar-refractivity contribution in [2.24, 2.45) is 0 Å². The Hall–Kier alpha value is -1.68. The number of pyridine rings is 1. The van der Waals surface area contributed by atoms with Crippen molar-refractivity contribution in [1.82, 2.24) is 4.98 Å². The fourth-order valence-electron chi connectivity index (χ4n) is 1.92. The van der Waals surface area contributed by atoms with Crippen molar-refractivity contribution >= 4 is 23.1 Å². The summed E-state index contributed by atoms with van der Waals surface area (Å²) in [6.07, 6.45) is 1.58. The number of aryl methyl sites for hydroxylation is 2. The lowest BCUT2D eigenvalue weighted by Gasteiger charge is -2.15. The van der Waals surface area contributed by atoms with E-state index in [0.717, 1.165) is 17.1 Å². The Morgan fingerprint density at radius 3 is 2.67 bits per heavy atom. The topological polar surface area (TPSA) is 64.1 Å². The smallest absolute Gasteiger partial charge is 0.145 e. The van der Waals surface area contributed by atoms with Gasteiger partial charge in [-0.15, -0.1) is 0 Å². The Bertz CT molecular complexity index is 565. The molecule has 3 N–H and O–H groups in total. The number of hydrogen-bond donors (Lipinski definition) is 2. The molecule has 4 nitrogen and oxygen atoms in total. The van der Waals surface area contributed by atoms with Crippen molar-refractivity contribution in [1.29, 1.82) is 0 Å². The van der Waals surface area contributed by atoms with Gasteiger partial charge in [-0.2, -0.15) is 0 Å². The summed E-state index contributed by atoms with van der Waals surface area (Å²) in [6.45, 7) is 5.90. The number of rotatable bonds is 3. The SMILES string of the molecule is Cc1cc(C(C)Nc2ncc(N)cc2Cl)c(C)o1. The predicted molar refractivity (Wildman–Crippen MR) is 73.9 cm³/mol. The second kappa shape index (κ2) is 4.90. The first kappa shape index (κ1) is 12.8. The van der Waals surface area contributed by atoms with Crippen LogP contribution in [0.25, 0.3) is 0 Å². The number of furan rings is 1. The minimum Gasteiger partial charge on any atom is -0.466 e. The van der Waals surface area contributed by atoms with Crippen molar-refractivity contribution in [3.63, 3.8) is 0 Å². The molecule has 1 unspecified atom stereocenters. The highest BCUT2D eigenvalue weighted by atomic mass is 35.5. The molecule has 0 aromatic carbocycles. The standard InChI is InChI=1S/C13H16ClN3O/c1-7-4-11(9(3)18-7)8(2)17-13-12(14)5-10(15)6-16-13/h4-6,8H,15H2,1-3H3,(H,16,17). The maximum absolute atomic E-state index is 6.08. The van der Waals surface area contributed by atoms with E-state index in [2.05, 4.69) is 10.3 Å². The first-order valence-electron chi connectivity index (χ1n) is 5.72. The van der Waals surface area contributed by atoms with E-state index in [4.69, 9.17) is 21.8 Å². The monoisotopic (exact) mass is 265 g/mol. The molecule has 18 heavy (non-hydrogen) atoms. The van der Waals surface area contributed by atoms with Crippen LogP contribution in [0, 0.1) is 13.8 Å². The van der Waals surface area contributed by atoms with Gasteiger partial charge >= 0.3 is 0 Å². The second-order valence-electron chi connectivity index (χ2n) is 4.33. The van der Waals surface area contributed by atoms with Gasteiger partial charge in [-0.05, 0) is 32.9 Å². The van der Waals surface area contributed by atoms with Gasteiger partial charge in [0, 0.05) is 5.56 Å². The van der Waals surface area contributed by atoms with Gasteiger partial charge in [-0.25, -0.2) is 4.98 Å². The summed E-state index contributed by atoms with van der Waals surface area (Å²) in [5.41, 5.74) is 7.26. The molecule has 0 bridgehead atoms. The maximum Gasteiger partial charge on any atom is 0.145 e. The first-order chi connectivity index (χ1) is 8.47. The van der Waals surface area contributed by atoms with E-state index < -0.39 is 0 Å². The molecule has 1 atom stereocenters. The van der Waals surface area contributed by atoms with Crippen LogP contribution < -0.4 is 11.1 Å². The highest BCUT2D eigenvalue weighted by Crippen LogP contribution is 2.28. The van der Waals surface area contributed by atoms with Gasteiger partial charge in [0.2, 0.25) is 0 Å². The molecule has 5 heteroatoms. The Kier molecular flexibility index (Phi) is 3.48. The van der Waals surface area contributed by atoms with Crippen LogP contribution in [-0.4, -0.2) is 4.98 Å². The van der Waals surface area contributed by atoms with Crippen LogP contribution in [0.1, 0.15) is 30.0 Å². The second-order valence-corrected chi connectivity index (χ2v) is 4.74. The zero-order valence-corrected chi connectivity index (χ0v) is 11.4. The molecule has 0 spiro atoms. The average Bonchev–Trinajstić information content (AvgIpc) is 2.62. The van der Waals surface area contributed by atoms with Crippen LogP contribution in [-0.2, 0) is 0 Å². The minimum atomic E-state index is 0.0658. The van der Waals surface area contributed by atoms with Crippen LogP contribution in [0.15, 0.2) is 22.7 Å². The molecule has 2 aromatic heterocycles.